The molecule has 0 radical (unpaired) electrons. The molecule has 4 aromatic rings. The normalized spacial score (nSPS) is 23.7. The Balaban J connectivity index is 1.04. The number of hydrogen-bond acceptors (Lipinski definition) is 6. The van der Waals surface area contributed by atoms with E-state index in [0.29, 0.717) is 48.8 Å². The van der Waals surface area contributed by atoms with Crippen molar-refractivity contribution in [1.82, 2.24) is 10.3 Å². The van der Waals surface area contributed by atoms with E-state index in [1.807, 2.05) is 36.5 Å². The molecule has 7 nitrogen and oxygen atoms in total. The molecule has 3 atom stereocenters. The van der Waals surface area contributed by atoms with Gasteiger partial charge in [-0.2, -0.15) is 0 Å². The highest BCUT2D eigenvalue weighted by Crippen LogP contribution is 2.57. The van der Waals surface area contributed by atoms with Crippen LogP contribution >= 0.6 is 11.6 Å². The van der Waals surface area contributed by atoms with Crippen molar-refractivity contribution in [2.75, 3.05) is 31.6 Å². The summed E-state index contributed by atoms with van der Waals surface area (Å²) in [6.45, 7) is 7.74. The minimum absolute atomic E-state index is 0.138. The summed E-state index contributed by atoms with van der Waals surface area (Å²) in [7, 11) is 0. The van der Waals surface area contributed by atoms with E-state index in [1.165, 1.54) is 40.8 Å². The van der Waals surface area contributed by atoms with Crippen molar-refractivity contribution >= 4 is 23.3 Å². The molecule has 8 heteroatoms. The Hall–Kier alpha value is -4.07. The Kier molecular flexibility index (Phi) is 12.1. The Morgan fingerprint density at radius 2 is 1.83 bits per heavy atom. The third kappa shape index (κ3) is 8.58. The first-order valence-corrected chi connectivity index (χ1v) is 20.5. The second-order valence-electron chi connectivity index (χ2n) is 16.2. The third-order valence-corrected chi connectivity index (χ3v) is 12.7. The van der Waals surface area contributed by atoms with E-state index in [9.17, 15) is 9.90 Å². The fourth-order valence-electron chi connectivity index (χ4n) is 9.56. The van der Waals surface area contributed by atoms with Crippen molar-refractivity contribution in [3.8, 4) is 11.5 Å². The SMILES string of the molecule is C[C@@H](COc1ccnc2c1[C@H](C)CCC2)CC1Cc2ccc(OCCCNCCc3ccccc3)cc2C12CCC(Nc1cccc(Cl)c1)(C(=O)O)CC2. The third-order valence-electron chi connectivity index (χ3n) is 12.5. The summed E-state index contributed by atoms with van der Waals surface area (Å²) in [5.74, 6) is 2.25. The van der Waals surface area contributed by atoms with Crippen LogP contribution in [-0.4, -0.2) is 47.9 Å². The smallest absolute Gasteiger partial charge is 0.329 e. The molecule has 3 aromatic carbocycles. The molecule has 1 heterocycles. The van der Waals surface area contributed by atoms with Gasteiger partial charge in [-0.15, -0.1) is 0 Å². The molecule has 0 amide bonds. The number of carbonyl (C=O) groups is 1. The number of rotatable bonds is 16. The van der Waals surface area contributed by atoms with E-state index in [-0.39, 0.29) is 5.41 Å². The summed E-state index contributed by atoms with van der Waals surface area (Å²) in [5, 5.41) is 18.2. The molecule has 54 heavy (non-hydrogen) atoms. The van der Waals surface area contributed by atoms with E-state index in [1.54, 1.807) is 0 Å². The van der Waals surface area contributed by atoms with E-state index in [4.69, 9.17) is 21.1 Å². The van der Waals surface area contributed by atoms with Crippen LogP contribution in [0.3, 0.4) is 0 Å². The van der Waals surface area contributed by atoms with Gasteiger partial charge in [0.25, 0.3) is 0 Å². The van der Waals surface area contributed by atoms with Gasteiger partial charge < -0.3 is 25.2 Å². The number of anilines is 1. The van der Waals surface area contributed by atoms with Crippen LogP contribution in [-0.2, 0) is 29.5 Å². The number of carboxylic acids is 1. The molecule has 3 N–H and O–H groups in total. The first-order chi connectivity index (χ1) is 26.2. The van der Waals surface area contributed by atoms with E-state index in [0.717, 1.165) is 75.2 Å². The number of benzene rings is 3. The van der Waals surface area contributed by atoms with Crippen LogP contribution in [0.4, 0.5) is 5.69 Å². The van der Waals surface area contributed by atoms with Crippen molar-refractivity contribution in [3.05, 3.63) is 118 Å². The van der Waals surface area contributed by atoms with Crippen LogP contribution in [0.25, 0.3) is 0 Å². The van der Waals surface area contributed by atoms with Gasteiger partial charge >= 0.3 is 5.97 Å². The van der Waals surface area contributed by atoms with Crippen LogP contribution in [0.15, 0.2) is 85.1 Å². The number of aliphatic carboxylic acids is 1. The number of carboxylic acid groups (broad SMARTS) is 1. The van der Waals surface area contributed by atoms with Crippen molar-refractivity contribution in [2.24, 2.45) is 11.8 Å². The van der Waals surface area contributed by atoms with Gasteiger partial charge in [-0.1, -0.05) is 67.9 Å². The maximum atomic E-state index is 13.0. The maximum Gasteiger partial charge on any atom is 0.329 e. The van der Waals surface area contributed by atoms with Crippen LogP contribution in [0.1, 0.15) is 99.1 Å². The van der Waals surface area contributed by atoms with E-state index >= 15 is 0 Å². The first-order valence-electron chi connectivity index (χ1n) is 20.1. The van der Waals surface area contributed by atoms with Crippen molar-refractivity contribution in [1.29, 1.82) is 0 Å². The van der Waals surface area contributed by atoms with Crippen LogP contribution in [0, 0.1) is 11.8 Å². The van der Waals surface area contributed by atoms with Gasteiger partial charge in [0.1, 0.15) is 17.0 Å². The number of halogens is 1. The summed E-state index contributed by atoms with van der Waals surface area (Å²) in [5.41, 5.74) is 6.09. The number of nitrogens with one attached hydrogen (secondary N) is 2. The Labute approximate surface area is 326 Å². The largest absolute Gasteiger partial charge is 0.494 e. The molecule has 1 fully saturated rings. The molecule has 286 valence electrons. The molecule has 0 saturated heterocycles. The van der Waals surface area contributed by atoms with E-state index < -0.39 is 11.5 Å². The van der Waals surface area contributed by atoms with E-state index in [2.05, 4.69) is 78.0 Å². The Bertz CT molecular complexity index is 1880. The van der Waals surface area contributed by atoms with Gasteiger partial charge in [-0.25, -0.2) is 4.79 Å². The lowest BCUT2D eigenvalue weighted by Gasteiger charge is -2.47. The second-order valence-corrected chi connectivity index (χ2v) is 16.6. The standard InChI is InChI=1S/C46H56ClN3O4/c1-32(31-54-42-18-25-49-41-14-6-9-33(2)43(41)42)27-36-28-35-15-16-39(53-26-8-23-48-24-17-34-10-4-3-5-11-34)30-40(35)45(36)19-21-46(22-20-45,44(51)52)50-38-13-7-12-37(47)29-38/h3-5,7,10-13,15-16,18,25,29-30,32-33,36,48,50H,6,8-9,14,17,19-24,26-28,31H2,1-2H3,(H,51,52)/t32-,33-,36?,45?,46?/m1/s1. The minimum atomic E-state index is -1.06. The second kappa shape index (κ2) is 17.2. The average molecular weight is 750 g/mol. The average Bonchev–Trinajstić information content (AvgIpc) is 3.46. The molecule has 1 unspecified atom stereocenters. The van der Waals surface area contributed by atoms with Gasteiger partial charge in [0.2, 0.25) is 0 Å². The molecule has 1 spiro atoms. The predicted octanol–water partition coefficient (Wildman–Crippen LogP) is 9.80. The number of hydrogen-bond donors (Lipinski definition) is 3. The van der Waals surface area contributed by atoms with Gasteiger partial charge in [-0.05, 0) is 160 Å². The van der Waals surface area contributed by atoms with Crippen molar-refractivity contribution in [2.45, 2.75) is 101 Å². The number of aromatic nitrogens is 1. The van der Waals surface area contributed by atoms with Crippen LogP contribution < -0.4 is 20.1 Å². The number of nitrogens with zero attached hydrogens (tertiary/aromatic N) is 1. The summed E-state index contributed by atoms with van der Waals surface area (Å²) in [4.78, 5) is 17.7. The lowest BCUT2D eigenvalue weighted by molar-refractivity contribution is -0.144. The maximum absolute atomic E-state index is 13.0. The fraction of sp³-hybridized carbons (Fsp3) is 0.478. The highest BCUT2D eigenvalue weighted by molar-refractivity contribution is 6.30. The highest BCUT2D eigenvalue weighted by Gasteiger charge is 2.54. The molecule has 3 aliphatic rings. The number of aryl methyl sites for hydroxylation is 1. The predicted molar refractivity (Wildman–Crippen MR) is 217 cm³/mol. The molecule has 0 bridgehead atoms. The summed E-state index contributed by atoms with van der Waals surface area (Å²) in [6.07, 6.45) is 11.8. The molecular weight excluding hydrogens is 694 g/mol. The lowest BCUT2D eigenvalue weighted by atomic mass is 9.59. The molecule has 0 aliphatic heterocycles. The lowest BCUT2D eigenvalue weighted by Crippen LogP contribution is -2.53. The van der Waals surface area contributed by atoms with Crippen molar-refractivity contribution < 1.29 is 19.4 Å². The Morgan fingerprint density at radius 1 is 1.00 bits per heavy atom. The minimum Gasteiger partial charge on any atom is -0.494 e. The van der Waals surface area contributed by atoms with Crippen molar-refractivity contribution in [3.63, 3.8) is 0 Å². The topological polar surface area (TPSA) is 92.7 Å². The van der Waals surface area contributed by atoms with Gasteiger partial charge in [0, 0.05) is 28.2 Å². The number of pyridine rings is 1. The fourth-order valence-corrected chi connectivity index (χ4v) is 9.75. The Morgan fingerprint density at radius 3 is 2.63 bits per heavy atom. The molecular formula is C46H56ClN3O4. The van der Waals surface area contributed by atoms with Crippen LogP contribution in [0.2, 0.25) is 5.02 Å². The first kappa shape index (κ1) is 38.2. The molecule has 3 aliphatic carbocycles. The van der Waals surface area contributed by atoms with Gasteiger partial charge in [0.15, 0.2) is 0 Å². The molecule has 7 rings (SSSR count). The zero-order valence-electron chi connectivity index (χ0n) is 31.9. The number of fused-ring (bicyclic) bond motifs is 3. The highest BCUT2D eigenvalue weighted by atomic mass is 35.5. The zero-order valence-corrected chi connectivity index (χ0v) is 32.7. The van der Waals surface area contributed by atoms with Gasteiger partial charge in [-0.3, -0.25) is 4.98 Å². The monoisotopic (exact) mass is 749 g/mol. The zero-order chi connectivity index (χ0) is 37.5. The molecule has 1 aromatic heterocycles. The molecule has 1 saturated carbocycles. The van der Waals surface area contributed by atoms with Gasteiger partial charge in [0.05, 0.1) is 13.2 Å². The summed E-state index contributed by atoms with van der Waals surface area (Å²) < 4.78 is 13.0. The quantitative estimate of drug-likeness (QED) is 0.0983. The number of ether oxygens (including phenoxy) is 2. The summed E-state index contributed by atoms with van der Waals surface area (Å²) in [6, 6.07) is 26.7. The summed E-state index contributed by atoms with van der Waals surface area (Å²) >= 11 is 6.31. The van der Waals surface area contributed by atoms with Crippen LogP contribution in [0.5, 0.6) is 11.5 Å².